The number of rotatable bonds is 6. The van der Waals surface area contributed by atoms with Gasteiger partial charge in [0.1, 0.15) is 5.82 Å². The molecule has 3 rings (SSSR count). The molecule has 1 aromatic carbocycles. The minimum atomic E-state index is -0.0602. The first-order chi connectivity index (χ1) is 13.1. The van der Waals surface area contributed by atoms with Gasteiger partial charge in [-0.3, -0.25) is 4.79 Å². The Morgan fingerprint density at radius 2 is 1.93 bits per heavy atom. The summed E-state index contributed by atoms with van der Waals surface area (Å²) in [6.07, 6.45) is 1.40. The number of nitrogen functional groups attached to an aromatic ring is 1. The van der Waals surface area contributed by atoms with Crippen LogP contribution in [0.15, 0.2) is 12.1 Å². The van der Waals surface area contributed by atoms with Crippen molar-refractivity contribution < 1.29 is 19.4 Å². The second-order valence-electron chi connectivity index (χ2n) is 6.41. The molecule has 9 heteroatoms. The molecule has 0 radical (unpaired) electrons. The van der Waals surface area contributed by atoms with E-state index in [1.807, 2.05) is 4.90 Å². The lowest BCUT2D eigenvalue weighted by molar-refractivity contribution is -0.125. The van der Waals surface area contributed by atoms with Crippen molar-refractivity contribution >= 4 is 28.6 Å². The fourth-order valence-electron chi connectivity index (χ4n) is 3.27. The summed E-state index contributed by atoms with van der Waals surface area (Å²) >= 11 is 0. The van der Waals surface area contributed by atoms with E-state index in [1.165, 1.54) is 0 Å². The van der Waals surface area contributed by atoms with Crippen LogP contribution >= 0.6 is 0 Å². The minimum absolute atomic E-state index is 0.0144. The van der Waals surface area contributed by atoms with Crippen LogP contribution in [0.4, 0.5) is 11.8 Å². The molecule has 146 valence electrons. The van der Waals surface area contributed by atoms with Crippen molar-refractivity contribution in [3.05, 3.63) is 12.1 Å². The first-order valence-corrected chi connectivity index (χ1v) is 8.90. The number of hydrogen-bond donors (Lipinski definition) is 3. The van der Waals surface area contributed by atoms with Crippen LogP contribution in [0.1, 0.15) is 12.8 Å². The SMILES string of the molecule is COc1cc2nc(N3CCC(C(=O)NCCO)CC3)nc(N)c2cc1OC. The molecule has 0 bridgehead atoms. The molecule has 2 aromatic rings. The molecule has 9 nitrogen and oxygen atoms in total. The molecule has 1 amide bonds. The largest absolute Gasteiger partial charge is 0.493 e. The maximum absolute atomic E-state index is 12.0. The molecule has 0 aliphatic carbocycles. The van der Waals surface area contributed by atoms with E-state index in [1.54, 1.807) is 26.4 Å². The van der Waals surface area contributed by atoms with Crippen LogP contribution in [0.3, 0.4) is 0 Å². The van der Waals surface area contributed by atoms with Gasteiger partial charge in [0, 0.05) is 37.0 Å². The highest BCUT2D eigenvalue weighted by Crippen LogP contribution is 2.34. The van der Waals surface area contributed by atoms with Crippen molar-refractivity contribution in [3.63, 3.8) is 0 Å². The van der Waals surface area contributed by atoms with E-state index >= 15 is 0 Å². The normalized spacial score (nSPS) is 15.0. The number of fused-ring (bicyclic) bond motifs is 1. The fraction of sp³-hybridized carbons (Fsp3) is 0.500. The van der Waals surface area contributed by atoms with Crippen LogP contribution in [-0.4, -0.2) is 61.4 Å². The van der Waals surface area contributed by atoms with Crippen molar-refractivity contribution in [2.75, 3.05) is 51.1 Å². The zero-order chi connectivity index (χ0) is 19.4. The molecular formula is C18H25N5O4. The van der Waals surface area contributed by atoms with Gasteiger partial charge in [0.25, 0.3) is 0 Å². The molecule has 1 aliphatic heterocycles. The summed E-state index contributed by atoms with van der Waals surface area (Å²) in [5, 5.41) is 12.3. The summed E-state index contributed by atoms with van der Waals surface area (Å²) < 4.78 is 10.6. The van der Waals surface area contributed by atoms with E-state index in [9.17, 15) is 4.79 Å². The minimum Gasteiger partial charge on any atom is -0.493 e. The quantitative estimate of drug-likeness (QED) is 0.669. The lowest BCUT2D eigenvalue weighted by atomic mass is 9.96. The molecule has 4 N–H and O–H groups in total. The molecule has 27 heavy (non-hydrogen) atoms. The molecule has 0 saturated carbocycles. The summed E-state index contributed by atoms with van der Waals surface area (Å²) in [6, 6.07) is 3.55. The number of anilines is 2. The number of hydrogen-bond acceptors (Lipinski definition) is 8. The number of carbonyl (C=O) groups is 1. The fourth-order valence-corrected chi connectivity index (χ4v) is 3.27. The van der Waals surface area contributed by atoms with Gasteiger partial charge in [0.05, 0.1) is 26.3 Å². The summed E-state index contributed by atoms with van der Waals surface area (Å²) in [5.74, 6) is 1.99. The highest BCUT2D eigenvalue weighted by Gasteiger charge is 2.26. The zero-order valence-corrected chi connectivity index (χ0v) is 15.6. The number of benzene rings is 1. The number of nitrogens with one attached hydrogen (secondary N) is 1. The zero-order valence-electron chi connectivity index (χ0n) is 15.6. The number of aliphatic hydroxyl groups is 1. The topological polar surface area (TPSA) is 123 Å². The standard InChI is InChI=1S/C18H25N5O4/c1-26-14-9-12-13(10-15(14)27-2)21-18(22-16(12)19)23-6-3-11(4-7-23)17(25)20-5-8-24/h9-11,24H,3-8H2,1-2H3,(H,20,25)(H2,19,21,22). The highest BCUT2D eigenvalue weighted by atomic mass is 16.5. The lowest BCUT2D eigenvalue weighted by Gasteiger charge is -2.31. The molecule has 0 unspecified atom stereocenters. The van der Waals surface area contributed by atoms with E-state index in [2.05, 4.69) is 15.3 Å². The number of piperidine rings is 1. The molecule has 1 saturated heterocycles. The second kappa shape index (κ2) is 8.26. The molecular weight excluding hydrogens is 350 g/mol. The number of methoxy groups -OCH3 is 2. The van der Waals surface area contributed by atoms with E-state index in [-0.39, 0.29) is 25.0 Å². The Morgan fingerprint density at radius 3 is 2.56 bits per heavy atom. The Kier molecular flexibility index (Phi) is 5.80. The number of carbonyl (C=O) groups excluding carboxylic acids is 1. The summed E-state index contributed by atoms with van der Waals surface area (Å²) in [5.41, 5.74) is 6.83. The van der Waals surface area contributed by atoms with E-state index < -0.39 is 0 Å². The van der Waals surface area contributed by atoms with Crippen LogP contribution < -0.4 is 25.4 Å². The van der Waals surface area contributed by atoms with E-state index in [4.69, 9.17) is 20.3 Å². The first kappa shape index (κ1) is 19.0. The average molecular weight is 375 g/mol. The monoisotopic (exact) mass is 375 g/mol. The third-order valence-electron chi connectivity index (χ3n) is 4.78. The Morgan fingerprint density at radius 1 is 1.26 bits per heavy atom. The average Bonchev–Trinajstić information content (AvgIpc) is 2.71. The molecule has 1 aliphatic rings. The van der Waals surface area contributed by atoms with Gasteiger partial charge in [-0.2, -0.15) is 4.98 Å². The van der Waals surface area contributed by atoms with Crippen LogP contribution in [-0.2, 0) is 4.79 Å². The predicted molar refractivity (Wildman–Crippen MR) is 102 cm³/mol. The second-order valence-corrected chi connectivity index (χ2v) is 6.41. The van der Waals surface area contributed by atoms with Crippen LogP contribution in [0, 0.1) is 5.92 Å². The van der Waals surface area contributed by atoms with Gasteiger partial charge in [0.2, 0.25) is 11.9 Å². The number of aromatic nitrogens is 2. The molecule has 0 atom stereocenters. The smallest absolute Gasteiger partial charge is 0.227 e. The number of nitrogens with zero attached hydrogens (tertiary/aromatic N) is 3. The Bertz CT molecular complexity index is 821. The summed E-state index contributed by atoms with van der Waals surface area (Å²) in [7, 11) is 3.14. The summed E-state index contributed by atoms with van der Waals surface area (Å²) in [4.78, 5) is 23.1. The third-order valence-corrected chi connectivity index (χ3v) is 4.78. The van der Waals surface area contributed by atoms with Crippen molar-refractivity contribution in [1.29, 1.82) is 0 Å². The van der Waals surface area contributed by atoms with Gasteiger partial charge >= 0.3 is 0 Å². The Hall–Kier alpha value is -2.81. The number of nitrogens with two attached hydrogens (primary N) is 1. The Labute approximate surface area is 157 Å². The molecule has 2 heterocycles. The van der Waals surface area contributed by atoms with Gasteiger partial charge in [-0.05, 0) is 18.9 Å². The molecule has 1 fully saturated rings. The van der Waals surface area contributed by atoms with Gasteiger partial charge in [-0.25, -0.2) is 4.98 Å². The van der Waals surface area contributed by atoms with Gasteiger partial charge in [-0.15, -0.1) is 0 Å². The van der Waals surface area contributed by atoms with Crippen molar-refractivity contribution in [3.8, 4) is 11.5 Å². The van der Waals surface area contributed by atoms with Crippen molar-refractivity contribution in [2.45, 2.75) is 12.8 Å². The van der Waals surface area contributed by atoms with Crippen LogP contribution in [0.25, 0.3) is 10.9 Å². The predicted octanol–water partition coefficient (Wildman–Crippen LogP) is 0.554. The first-order valence-electron chi connectivity index (χ1n) is 8.90. The highest BCUT2D eigenvalue weighted by molar-refractivity contribution is 5.91. The Balaban J connectivity index is 1.79. The van der Waals surface area contributed by atoms with E-state index in [0.717, 1.165) is 0 Å². The van der Waals surface area contributed by atoms with E-state index in [0.29, 0.717) is 60.1 Å². The summed E-state index contributed by atoms with van der Waals surface area (Å²) in [6.45, 7) is 1.56. The third kappa shape index (κ3) is 3.97. The number of ether oxygens (including phenoxy) is 2. The maximum Gasteiger partial charge on any atom is 0.227 e. The van der Waals surface area contributed by atoms with Gasteiger partial charge in [0.15, 0.2) is 11.5 Å². The maximum atomic E-state index is 12.0. The van der Waals surface area contributed by atoms with Crippen LogP contribution in [0.2, 0.25) is 0 Å². The molecule has 1 aromatic heterocycles. The van der Waals surface area contributed by atoms with Gasteiger partial charge < -0.3 is 30.5 Å². The number of aliphatic hydroxyl groups excluding tert-OH is 1. The van der Waals surface area contributed by atoms with Gasteiger partial charge in [-0.1, -0.05) is 0 Å². The van der Waals surface area contributed by atoms with Crippen molar-refractivity contribution in [1.82, 2.24) is 15.3 Å². The number of amides is 1. The van der Waals surface area contributed by atoms with Crippen LogP contribution in [0.5, 0.6) is 11.5 Å². The molecule has 0 spiro atoms. The van der Waals surface area contributed by atoms with Crippen molar-refractivity contribution in [2.24, 2.45) is 5.92 Å². The lowest BCUT2D eigenvalue weighted by Crippen LogP contribution is -2.41.